The first kappa shape index (κ1) is 20.6. The highest BCUT2D eigenvalue weighted by Gasteiger charge is 2.38. The minimum atomic E-state index is -0.808. The molecule has 8 nitrogen and oxygen atoms in total. The summed E-state index contributed by atoms with van der Waals surface area (Å²) in [7, 11) is 0. The Morgan fingerprint density at radius 2 is 1.70 bits per heavy atom. The molecule has 164 valence electrons. The van der Waals surface area contributed by atoms with E-state index in [1.165, 1.54) is 0 Å². The molecule has 3 aromatic carbocycles. The fourth-order valence-electron chi connectivity index (χ4n) is 4.03. The fourth-order valence-corrected chi connectivity index (χ4v) is 4.03. The van der Waals surface area contributed by atoms with Crippen LogP contribution < -0.4 is 5.32 Å². The molecule has 0 saturated carbocycles. The van der Waals surface area contributed by atoms with Crippen molar-refractivity contribution in [2.45, 2.75) is 12.5 Å². The number of anilines is 1. The van der Waals surface area contributed by atoms with Gasteiger partial charge in [-0.05, 0) is 41.5 Å². The van der Waals surface area contributed by atoms with Crippen LogP contribution >= 0.6 is 0 Å². The van der Waals surface area contributed by atoms with Crippen molar-refractivity contribution in [3.05, 3.63) is 95.2 Å². The van der Waals surface area contributed by atoms with E-state index in [0.29, 0.717) is 27.9 Å². The number of aromatic amines is 1. The molecule has 5 rings (SSSR count). The molecule has 1 aliphatic rings. The number of hydrogen-bond acceptors (Lipinski definition) is 5. The highest BCUT2D eigenvalue weighted by molar-refractivity contribution is 6.21. The summed E-state index contributed by atoms with van der Waals surface area (Å²) in [5.74, 6) is -2.00. The highest BCUT2D eigenvalue weighted by atomic mass is 16.3. The lowest BCUT2D eigenvalue weighted by atomic mass is 9.96. The number of fused-ring (bicyclic) bond motifs is 2. The molecule has 3 amide bonds. The molecule has 1 aromatic heterocycles. The van der Waals surface area contributed by atoms with Crippen molar-refractivity contribution in [1.29, 1.82) is 0 Å². The summed E-state index contributed by atoms with van der Waals surface area (Å²) in [5.41, 5.74) is 3.34. The second kappa shape index (κ2) is 8.33. The largest absolute Gasteiger partial charge is 0.392 e. The number of amides is 3. The molecule has 1 aliphatic heterocycles. The van der Waals surface area contributed by atoms with Crippen LogP contribution in [0.25, 0.3) is 10.9 Å². The SMILES string of the molecule is O=C(Nc1ccc2cn[nH]c2c1)C(CN1C(=O)c2ccccc2C1=O)c1ccc(CO)cc1. The predicted octanol–water partition coefficient (Wildman–Crippen LogP) is 3.07. The van der Waals surface area contributed by atoms with E-state index in [1.807, 2.05) is 6.07 Å². The Hall–Kier alpha value is -4.30. The maximum atomic E-state index is 13.4. The van der Waals surface area contributed by atoms with Crippen molar-refractivity contribution >= 4 is 34.3 Å². The van der Waals surface area contributed by atoms with E-state index >= 15 is 0 Å². The Morgan fingerprint density at radius 1 is 1.00 bits per heavy atom. The summed E-state index contributed by atoms with van der Waals surface area (Å²) in [6, 6.07) is 18.9. The summed E-state index contributed by atoms with van der Waals surface area (Å²) in [5, 5.41) is 20.0. The summed E-state index contributed by atoms with van der Waals surface area (Å²) >= 11 is 0. The van der Waals surface area contributed by atoms with Gasteiger partial charge >= 0.3 is 0 Å². The first-order valence-corrected chi connectivity index (χ1v) is 10.4. The smallest absolute Gasteiger partial charge is 0.261 e. The van der Waals surface area contributed by atoms with E-state index in [0.717, 1.165) is 15.8 Å². The van der Waals surface area contributed by atoms with E-state index in [4.69, 9.17) is 0 Å². The maximum absolute atomic E-state index is 13.4. The predicted molar refractivity (Wildman–Crippen MR) is 122 cm³/mol. The van der Waals surface area contributed by atoms with Crippen LogP contribution in [0.1, 0.15) is 37.8 Å². The van der Waals surface area contributed by atoms with Gasteiger partial charge in [0.2, 0.25) is 5.91 Å². The number of carbonyl (C=O) groups is 3. The Labute approximate surface area is 188 Å². The zero-order valence-corrected chi connectivity index (χ0v) is 17.5. The van der Waals surface area contributed by atoms with E-state index in [1.54, 1.807) is 66.9 Å². The number of benzene rings is 3. The summed E-state index contributed by atoms with van der Waals surface area (Å²) in [4.78, 5) is 40.3. The molecule has 3 N–H and O–H groups in total. The van der Waals surface area contributed by atoms with Crippen molar-refractivity contribution in [1.82, 2.24) is 15.1 Å². The molecule has 0 bridgehead atoms. The number of carbonyl (C=O) groups excluding carboxylic acids is 3. The van der Waals surface area contributed by atoms with Gasteiger partial charge in [0.25, 0.3) is 11.8 Å². The van der Waals surface area contributed by atoms with Crippen LogP contribution in [-0.2, 0) is 11.4 Å². The molecule has 1 atom stereocenters. The first-order valence-electron chi connectivity index (χ1n) is 10.4. The number of imide groups is 1. The number of nitrogens with zero attached hydrogens (tertiary/aromatic N) is 2. The number of aliphatic hydroxyl groups is 1. The Bertz CT molecular complexity index is 1340. The third-order valence-electron chi connectivity index (χ3n) is 5.83. The molecule has 8 heteroatoms. The summed E-state index contributed by atoms with van der Waals surface area (Å²) in [6.45, 7) is -0.233. The number of aliphatic hydroxyl groups excluding tert-OH is 1. The average molecular weight is 440 g/mol. The maximum Gasteiger partial charge on any atom is 0.261 e. The Kier molecular flexibility index (Phi) is 5.20. The van der Waals surface area contributed by atoms with Gasteiger partial charge in [-0.15, -0.1) is 0 Å². The number of rotatable bonds is 6. The monoisotopic (exact) mass is 440 g/mol. The molecule has 0 fully saturated rings. The third kappa shape index (κ3) is 3.77. The number of hydrogen-bond donors (Lipinski definition) is 3. The zero-order valence-electron chi connectivity index (χ0n) is 17.5. The zero-order chi connectivity index (χ0) is 22.9. The fraction of sp³-hybridized carbons (Fsp3) is 0.120. The van der Waals surface area contributed by atoms with Crippen LogP contribution in [0.2, 0.25) is 0 Å². The standard InChI is InChI=1S/C25H20N4O4/c30-14-15-5-7-16(8-6-15)21(13-29-24(32)19-3-1-2-4-20(19)25(29)33)23(31)27-18-10-9-17-12-26-28-22(17)11-18/h1-12,21,30H,13-14H2,(H,26,28)(H,27,31). The van der Waals surface area contributed by atoms with Gasteiger partial charge in [-0.3, -0.25) is 24.4 Å². The molecular formula is C25H20N4O4. The average Bonchev–Trinajstić information content (AvgIpc) is 3.40. The van der Waals surface area contributed by atoms with Crippen molar-refractivity contribution in [2.75, 3.05) is 11.9 Å². The summed E-state index contributed by atoms with van der Waals surface area (Å²) in [6.07, 6.45) is 1.69. The lowest BCUT2D eigenvalue weighted by Gasteiger charge is -2.23. The van der Waals surface area contributed by atoms with Crippen molar-refractivity contribution in [3.63, 3.8) is 0 Å². The van der Waals surface area contributed by atoms with Gasteiger partial charge in [0.05, 0.1) is 35.4 Å². The van der Waals surface area contributed by atoms with Gasteiger partial charge < -0.3 is 10.4 Å². The number of aromatic nitrogens is 2. The van der Waals surface area contributed by atoms with Gasteiger partial charge in [-0.25, -0.2) is 0 Å². The van der Waals surface area contributed by atoms with Crippen LogP contribution in [0.15, 0.2) is 72.9 Å². The van der Waals surface area contributed by atoms with Crippen molar-refractivity contribution in [2.24, 2.45) is 0 Å². The van der Waals surface area contributed by atoms with Gasteiger partial charge in [-0.1, -0.05) is 36.4 Å². The van der Waals surface area contributed by atoms with E-state index in [2.05, 4.69) is 15.5 Å². The van der Waals surface area contributed by atoms with Gasteiger partial charge in [0, 0.05) is 17.6 Å². The van der Waals surface area contributed by atoms with Gasteiger partial charge in [0.15, 0.2) is 0 Å². The van der Waals surface area contributed by atoms with Crippen molar-refractivity contribution < 1.29 is 19.5 Å². The number of nitrogens with one attached hydrogen (secondary N) is 2. The molecule has 0 aliphatic carbocycles. The molecule has 0 radical (unpaired) electrons. The minimum absolute atomic E-state index is 0.108. The molecular weight excluding hydrogens is 420 g/mol. The molecule has 4 aromatic rings. The normalized spacial score (nSPS) is 13.9. The lowest BCUT2D eigenvalue weighted by Crippen LogP contribution is -2.38. The highest BCUT2D eigenvalue weighted by Crippen LogP contribution is 2.28. The van der Waals surface area contributed by atoms with E-state index < -0.39 is 17.7 Å². The third-order valence-corrected chi connectivity index (χ3v) is 5.83. The van der Waals surface area contributed by atoms with Crippen LogP contribution in [0.3, 0.4) is 0 Å². The van der Waals surface area contributed by atoms with Crippen LogP contribution in [0.4, 0.5) is 5.69 Å². The molecule has 0 saturated heterocycles. The van der Waals surface area contributed by atoms with E-state index in [9.17, 15) is 19.5 Å². The van der Waals surface area contributed by atoms with Crippen LogP contribution in [0.5, 0.6) is 0 Å². The minimum Gasteiger partial charge on any atom is -0.392 e. The summed E-state index contributed by atoms with van der Waals surface area (Å²) < 4.78 is 0. The first-order chi connectivity index (χ1) is 16.0. The number of H-pyrrole nitrogens is 1. The molecule has 2 heterocycles. The quantitative estimate of drug-likeness (QED) is 0.399. The van der Waals surface area contributed by atoms with Gasteiger partial charge in [0.1, 0.15) is 0 Å². The molecule has 0 spiro atoms. The second-order valence-corrected chi connectivity index (χ2v) is 7.88. The molecule has 33 heavy (non-hydrogen) atoms. The lowest BCUT2D eigenvalue weighted by molar-refractivity contribution is -0.117. The van der Waals surface area contributed by atoms with E-state index in [-0.39, 0.29) is 19.1 Å². The Balaban J connectivity index is 1.45. The topological polar surface area (TPSA) is 115 Å². The molecule has 1 unspecified atom stereocenters. The van der Waals surface area contributed by atoms with Crippen LogP contribution in [0, 0.1) is 0 Å². The van der Waals surface area contributed by atoms with Crippen LogP contribution in [-0.4, -0.2) is 44.5 Å². The Morgan fingerprint density at radius 3 is 2.36 bits per heavy atom. The second-order valence-electron chi connectivity index (χ2n) is 7.88. The van der Waals surface area contributed by atoms with Gasteiger partial charge in [-0.2, -0.15) is 5.10 Å². The van der Waals surface area contributed by atoms with Crippen molar-refractivity contribution in [3.8, 4) is 0 Å².